The van der Waals surface area contributed by atoms with E-state index in [4.69, 9.17) is 4.74 Å². The second-order valence-electron chi connectivity index (χ2n) is 2.99. The summed E-state index contributed by atoms with van der Waals surface area (Å²) in [5.41, 5.74) is 0. The van der Waals surface area contributed by atoms with Gasteiger partial charge in [0.15, 0.2) is 11.6 Å². The first kappa shape index (κ1) is 13.5. The van der Waals surface area contributed by atoms with Gasteiger partial charge in [0.05, 0.1) is 0 Å². The largest absolute Gasteiger partial charge is 2.00 e. The Labute approximate surface area is 121 Å². The molecule has 0 aliphatic rings. The molecule has 0 aliphatic heterocycles. The summed E-state index contributed by atoms with van der Waals surface area (Å²) in [7, 11) is 0. The Balaban J connectivity index is 0. The van der Waals surface area contributed by atoms with Crippen molar-refractivity contribution in [1.29, 1.82) is 0 Å². The van der Waals surface area contributed by atoms with Gasteiger partial charge in [-0.15, -0.1) is 0 Å². The van der Waals surface area contributed by atoms with Crippen LogP contribution in [0.5, 0.6) is 11.5 Å². The van der Waals surface area contributed by atoms with Crippen LogP contribution in [0.2, 0.25) is 0 Å². The average molecular weight is 293 g/mol. The van der Waals surface area contributed by atoms with E-state index >= 15 is 0 Å². The van der Waals surface area contributed by atoms with Crippen molar-refractivity contribution >= 4 is 39.0 Å². The minimum Gasteiger partial charge on any atom is -1.00 e. The fourth-order valence-electron chi connectivity index (χ4n) is 1.17. The molecule has 0 atom stereocenters. The summed E-state index contributed by atoms with van der Waals surface area (Å²) < 4.78 is 19.5. The van der Waals surface area contributed by atoms with Gasteiger partial charge in [-0.25, -0.2) is 4.39 Å². The average Bonchev–Trinajstić information content (AvgIpc) is 2.25. The molecule has 0 fully saturated rings. The van der Waals surface area contributed by atoms with Crippen LogP contribution in [0.25, 0.3) is 0 Å². The second kappa shape index (κ2) is 6.23. The molecule has 0 radical (unpaired) electrons. The van der Waals surface area contributed by atoms with Crippen molar-refractivity contribution in [2.45, 2.75) is 0 Å². The van der Waals surface area contributed by atoms with Crippen LogP contribution in [-0.4, -0.2) is 23.1 Å². The standard InChI is InChI=1S/C12H8BrFO.Mg.2H/c13-9-6-7-11(14)12(8-9)15-10-4-2-1-3-5-10;;;/h1-8H;;;/q;+2;2*-1. The van der Waals surface area contributed by atoms with E-state index in [1.165, 1.54) is 6.07 Å². The molecule has 2 aromatic rings. The Bertz CT molecular complexity index is 471. The fraction of sp³-hybridized carbons (Fsp3) is 0. The summed E-state index contributed by atoms with van der Waals surface area (Å²) in [5.74, 6) is 0.465. The minimum atomic E-state index is -0.373. The molecule has 0 heterocycles. The van der Waals surface area contributed by atoms with Gasteiger partial charge in [-0.05, 0) is 30.3 Å². The Morgan fingerprint density at radius 1 is 1.06 bits per heavy atom. The summed E-state index contributed by atoms with van der Waals surface area (Å²) in [5, 5.41) is 0. The van der Waals surface area contributed by atoms with Crippen molar-refractivity contribution in [3.8, 4) is 11.5 Å². The summed E-state index contributed by atoms with van der Waals surface area (Å²) in [4.78, 5) is 0. The van der Waals surface area contributed by atoms with Gasteiger partial charge < -0.3 is 7.59 Å². The number of benzene rings is 2. The molecule has 2 aromatic carbocycles. The molecule has 0 spiro atoms. The summed E-state index contributed by atoms with van der Waals surface area (Å²) in [6.07, 6.45) is 0. The third-order valence-electron chi connectivity index (χ3n) is 1.86. The predicted octanol–water partition coefficient (Wildman–Crippen LogP) is 4.22. The normalized spacial score (nSPS) is 9.38. The Kier molecular flexibility index (Phi) is 5.25. The molecule has 0 N–H and O–H groups in total. The SMILES string of the molecule is Fc1ccc(Br)cc1Oc1ccccc1.[H-].[H-].[Mg+2]. The molecule has 0 unspecified atom stereocenters. The van der Waals surface area contributed by atoms with Crippen molar-refractivity contribution in [3.63, 3.8) is 0 Å². The number of halogens is 2. The molecule has 0 aromatic heterocycles. The van der Waals surface area contributed by atoms with E-state index in [9.17, 15) is 4.39 Å². The second-order valence-corrected chi connectivity index (χ2v) is 3.91. The van der Waals surface area contributed by atoms with Gasteiger partial charge >= 0.3 is 23.1 Å². The first-order chi connectivity index (χ1) is 7.25. The molecule has 1 nitrogen and oxygen atoms in total. The predicted molar refractivity (Wildman–Crippen MR) is 68.6 cm³/mol. The monoisotopic (exact) mass is 292 g/mol. The van der Waals surface area contributed by atoms with Gasteiger partial charge in [-0.2, -0.15) is 0 Å². The first-order valence-electron chi connectivity index (χ1n) is 4.43. The molecule has 0 amide bonds. The van der Waals surface area contributed by atoms with Gasteiger partial charge in [0, 0.05) is 4.47 Å². The van der Waals surface area contributed by atoms with Gasteiger partial charge in [0.1, 0.15) is 5.75 Å². The van der Waals surface area contributed by atoms with Gasteiger partial charge in [-0.1, -0.05) is 34.1 Å². The van der Waals surface area contributed by atoms with Crippen LogP contribution in [0.15, 0.2) is 53.0 Å². The van der Waals surface area contributed by atoms with E-state index in [1.54, 1.807) is 24.3 Å². The van der Waals surface area contributed by atoms with Crippen LogP contribution in [0.3, 0.4) is 0 Å². The summed E-state index contributed by atoms with van der Waals surface area (Å²) in [6, 6.07) is 13.7. The topological polar surface area (TPSA) is 9.23 Å². The van der Waals surface area contributed by atoms with E-state index < -0.39 is 0 Å². The molecule has 0 bridgehead atoms. The minimum absolute atomic E-state index is 0. The number of hydrogen-bond acceptors (Lipinski definition) is 1. The van der Waals surface area contributed by atoms with Crippen LogP contribution in [0, 0.1) is 5.82 Å². The Hall–Kier alpha value is -0.584. The Morgan fingerprint density at radius 2 is 1.75 bits per heavy atom. The van der Waals surface area contributed by atoms with E-state index in [1.807, 2.05) is 18.2 Å². The molecule has 0 aliphatic carbocycles. The van der Waals surface area contributed by atoms with E-state index in [-0.39, 0.29) is 37.5 Å². The zero-order valence-corrected chi connectivity index (χ0v) is 11.5. The molecule has 4 heteroatoms. The molecule has 80 valence electrons. The first-order valence-corrected chi connectivity index (χ1v) is 5.23. The van der Waals surface area contributed by atoms with Gasteiger partial charge in [0.2, 0.25) is 0 Å². The maximum Gasteiger partial charge on any atom is 2.00 e. The zero-order chi connectivity index (χ0) is 10.7. The van der Waals surface area contributed by atoms with Crippen molar-refractivity contribution in [2.24, 2.45) is 0 Å². The van der Waals surface area contributed by atoms with Gasteiger partial charge in [0.25, 0.3) is 0 Å². The zero-order valence-electron chi connectivity index (χ0n) is 10.5. The van der Waals surface area contributed by atoms with Gasteiger partial charge in [-0.3, -0.25) is 0 Å². The third-order valence-corrected chi connectivity index (χ3v) is 2.36. The molecule has 2 rings (SSSR count). The number of rotatable bonds is 2. The van der Waals surface area contributed by atoms with Crippen molar-refractivity contribution in [1.82, 2.24) is 0 Å². The molecular formula is C12H10BrFMgO. The summed E-state index contributed by atoms with van der Waals surface area (Å²) >= 11 is 3.26. The third kappa shape index (κ3) is 3.47. The summed E-state index contributed by atoms with van der Waals surface area (Å²) in [6.45, 7) is 0. The van der Waals surface area contributed by atoms with Crippen LogP contribution < -0.4 is 4.74 Å². The van der Waals surface area contributed by atoms with Crippen LogP contribution in [-0.2, 0) is 0 Å². The maximum atomic E-state index is 13.3. The molecular weight excluding hydrogens is 283 g/mol. The van der Waals surface area contributed by atoms with E-state index in [0.29, 0.717) is 5.75 Å². The van der Waals surface area contributed by atoms with Crippen molar-refractivity contribution in [3.05, 3.63) is 58.8 Å². The fourth-order valence-corrected chi connectivity index (χ4v) is 1.51. The Morgan fingerprint density at radius 3 is 2.44 bits per heavy atom. The molecule has 0 saturated heterocycles. The van der Waals surface area contributed by atoms with E-state index in [2.05, 4.69) is 15.9 Å². The number of para-hydroxylation sites is 1. The quantitative estimate of drug-likeness (QED) is 0.753. The number of hydrogen-bond donors (Lipinski definition) is 0. The van der Waals surface area contributed by atoms with Crippen molar-refractivity contribution in [2.75, 3.05) is 0 Å². The smallest absolute Gasteiger partial charge is 1.00 e. The van der Waals surface area contributed by atoms with Crippen LogP contribution in [0.1, 0.15) is 2.85 Å². The maximum absolute atomic E-state index is 13.3. The molecule has 0 saturated carbocycles. The molecule has 16 heavy (non-hydrogen) atoms. The van der Waals surface area contributed by atoms with Crippen LogP contribution >= 0.6 is 15.9 Å². The van der Waals surface area contributed by atoms with Crippen LogP contribution in [0.4, 0.5) is 4.39 Å². The van der Waals surface area contributed by atoms with E-state index in [0.717, 1.165) is 4.47 Å². The number of ether oxygens (including phenoxy) is 1. The van der Waals surface area contributed by atoms with Crippen molar-refractivity contribution < 1.29 is 12.0 Å².